The molecule has 0 aliphatic rings. The van der Waals surface area contributed by atoms with E-state index in [0.29, 0.717) is 0 Å². The molecule has 3 nitrogen and oxygen atoms in total. The number of aliphatic hydroxyl groups is 1. The summed E-state index contributed by atoms with van der Waals surface area (Å²) in [5.41, 5.74) is 0.357. The Labute approximate surface area is 104 Å². The van der Waals surface area contributed by atoms with Gasteiger partial charge < -0.3 is 15.2 Å². The lowest BCUT2D eigenvalue weighted by Crippen LogP contribution is -2.45. The molecule has 0 amide bonds. The molecule has 1 unspecified atom stereocenters. The first-order valence-electron chi connectivity index (χ1n) is 5.90. The third kappa shape index (κ3) is 4.36. The van der Waals surface area contributed by atoms with Crippen LogP contribution in [0, 0.1) is 0 Å². The lowest BCUT2D eigenvalue weighted by atomic mass is 9.88. The lowest BCUT2D eigenvalue weighted by molar-refractivity contribution is -0.00531. The second-order valence-electron chi connectivity index (χ2n) is 5.35. The van der Waals surface area contributed by atoms with Gasteiger partial charge in [0, 0.05) is 19.2 Å². The monoisotopic (exact) mass is 237 g/mol. The molecule has 0 aliphatic carbocycles. The maximum absolute atomic E-state index is 9.59. The second-order valence-corrected chi connectivity index (χ2v) is 5.35. The predicted octanol–water partition coefficient (Wildman–Crippen LogP) is 2.66. The van der Waals surface area contributed by atoms with Crippen LogP contribution in [-0.4, -0.2) is 30.0 Å². The van der Waals surface area contributed by atoms with Crippen LogP contribution in [0.3, 0.4) is 0 Å². The number of rotatable bonds is 6. The minimum absolute atomic E-state index is 0.0642. The Morgan fingerprint density at radius 3 is 2.24 bits per heavy atom. The normalized spacial score (nSPS) is 15.4. The number of aliphatic hydroxyl groups excluding tert-OH is 1. The van der Waals surface area contributed by atoms with Crippen molar-refractivity contribution in [2.45, 2.75) is 38.3 Å². The molecule has 1 aromatic rings. The summed E-state index contributed by atoms with van der Waals surface area (Å²) in [4.78, 5) is 0. The molecule has 2 N–H and O–H groups in total. The minimum atomic E-state index is -0.388. The van der Waals surface area contributed by atoms with Crippen LogP contribution in [0.1, 0.15) is 27.2 Å². The molecule has 1 aromatic carbocycles. The van der Waals surface area contributed by atoms with Crippen LogP contribution in [0.5, 0.6) is 0 Å². The maximum Gasteiger partial charge on any atom is 0.0659 e. The molecule has 0 radical (unpaired) electrons. The zero-order valence-electron chi connectivity index (χ0n) is 11.2. The van der Waals surface area contributed by atoms with E-state index >= 15 is 0 Å². The average molecular weight is 237 g/mol. The Balaban J connectivity index is 2.76. The Morgan fingerprint density at radius 2 is 1.76 bits per heavy atom. The highest BCUT2D eigenvalue weighted by molar-refractivity contribution is 5.45. The molecule has 0 bridgehead atoms. The zero-order chi connectivity index (χ0) is 12.9. The van der Waals surface area contributed by atoms with Crippen molar-refractivity contribution < 1.29 is 9.84 Å². The number of benzene rings is 1. The molecule has 0 fully saturated rings. The van der Waals surface area contributed by atoms with Crippen molar-refractivity contribution in [2.75, 3.05) is 19.0 Å². The van der Waals surface area contributed by atoms with Gasteiger partial charge in [0.2, 0.25) is 0 Å². The number of methoxy groups -OCH3 is 1. The summed E-state index contributed by atoms with van der Waals surface area (Å²) in [5, 5.41) is 13.0. The first-order chi connectivity index (χ1) is 7.91. The molecule has 96 valence electrons. The molecule has 0 saturated carbocycles. The van der Waals surface area contributed by atoms with Gasteiger partial charge >= 0.3 is 0 Å². The fourth-order valence-electron chi connectivity index (χ4n) is 2.02. The minimum Gasteiger partial charge on any atom is -0.394 e. The molecule has 3 heteroatoms. The molecular weight excluding hydrogens is 214 g/mol. The van der Waals surface area contributed by atoms with Crippen LogP contribution in [0.2, 0.25) is 0 Å². The Morgan fingerprint density at radius 1 is 1.18 bits per heavy atom. The van der Waals surface area contributed by atoms with E-state index in [0.717, 1.165) is 12.1 Å². The number of hydrogen-bond acceptors (Lipinski definition) is 3. The van der Waals surface area contributed by atoms with Crippen LogP contribution >= 0.6 is 0 Å². The summed E-state index contributed by atoms with van der Waals surface area (Å²) in [6.07, 6.45) is 0.724. The molecule has 0 aromatic heterocycles. The fraction of sp³-hybridized carbons (Fsp3) is 0.571. The van der Waals surface area contributed by atoms with Crippen LogP contribution < -0.4 is 5.32 Å². The summed E-state index contributed by atoms with van der Waals surface area (Å²) in [5.74, 6) is 0. The van der Waals surface area contributed by atoms with Gasteiger partial charge in [-0.1, -0.05) is 18.2 Å². The summed E-state index contributed by atoms with van der Waals surface area (Å²) < 4.78 is 5.42. The first-order valence-corrected chi connectivity index (χ1v) is 5.90. The molecular formula is C14H23NO2. The zero-order valence-corrected chi connectivity index (χ0v) is 11.2. The van der Waals surface area contributed by atoms with Gasteiger partial charge in [0.1, 0.15) is 0 Å². The smallest absolute Gasteiger partial charge is 0.0659 e. The SMILES string of the molecule is COC(C)(C)CC(C)(CO)Nc1ccccc1. The average Bonchev–Trinajstić information content (AvgIpc) is 2.29. The molecule has 0 spiro atoms. The van der Waals surface area contributed by atoms with Crippen molar-refractivity contribution in [1.82, 2.24) is 0 Å². The van der Waals surface area contributed by atoms with E-state index < -0.39 is 0 Å². The highest BCUT2D eigenvalue weighted by Crippen LogP contribution is 2.26. The van der Waals surface area contributed by atoms with E-state index in [2.05, 4.69) is 5.32 Å². The summed E-state index contributed by atoms with van der Waals surface area (Å²) in [6, 6.07) is 9.91. The largest absolute Gasteiger partial charge is 0.394 e. The van der Waals surface area contributed by atoms with Crippen molar-refractivity contribution in [3.63, 3.8) is 0 Å². The Bertz CT molecular complexity index is 337. The molecule has 0 aliphatic heterocycles. The second kappa shape index (κ2) is 5.52. The van der Waals surface area contributed by atoms with Gasteiger partial charge in [0.25, 0.3) is 0 Å². The Hall–Kier alpha value is -1.06. The summed E-state index contributed by atoms with van der Waals surface area (Å²) in [7, 11) is 1.69. The van der Waals surface area contributed by atoms with Crippen molar-refractivity contribution >= 4 is 5.69 Å². The molecule has 17 heavy (non-hydrogen) atoms. The van der Waals surface area contributed by atoms with E-state index in [1.54, 1.807) is 7.11 Å². The van der Waals surface area contributed by atoms with Crippen molar-refractivity contribution in [1.29, 1.82) is 0 Å². The number of anilines is 1. The molecule has 1 rings (SSSR count). The Kier molecular flexibility index (Phi) is 4.54. The third-order valence-corrected chi connectivity index (χ3v) is 2.94. The van der Waals surface area contributed by atoms with Gasteiger partial charge in [0.05, 0.1) is 17.7 Å². The van der Waals surface area contributed by atoms with Gasteiger partial charge in [0.15, 0.2) is 0 Å². The quantitative estimate of drug-likeness (QED) is 0.799. The van der Waals surface area contributed by atoms with Crippen LogP contribution in [0.25, 0.3) is 0 Å². The fourth-order valence-corrected chi connectivity index (χ4v) is 2.02. The highest BCUT2D eigenvalue weighted by atomic mass is 16.5. The van der Waals surface area contributed by atoms with E-state index in [1.807, 2.05) is 51.1 Å². The first kappa shape index (κ1) is 14.0. The molecule has 0 heterocycles. The summed E-state index contributed by atoms with van der Waals surface area (Å²) >= 11 is 0. The van der Waals surface area contributed by atoms with Gasteiger partial charge in [-0.15, -0.1) is 0 Å². The van der Waals surface area contributed by atoms with E-state index in [4.69, 9.17) is 4.74 Å². The molecule has 0 saturated heterocycles. The standard InChI is InChI=1S/C14H23NO2/c1-13(2,17-4)10-14(3,11-16)15-12-8-6-5-7-9-12/h5-9,15-16H,10-11H2,1-4H3. The highest BCUT2D eigenvalue weighted by Gasteiger charge is 2.32. The number of hydrogen-bond donors (Lipinski definition) is 2. The molecule has 1 atom stereocenters. The van der Waals surface area contributed by atoms with Gasteiger partial charge in [-0.2, -0.15) is 0 Å². The van der Waals surface area contributed by atoms with Crippen molar-refractivity contribution in [2.24, 2.45) is 0 Å². The van der Waals surface area contributed by atoms with E-state index in [9.17, 15) is 5.11 Å². The van der Waals surface area contributed by atoms with Crippen LogP contribution in [-0.2, 0) is 4.74 Å². The predicted molar refractivity (Wildman–Crippen MR) is 71.3 cm³/mol. The van der Waals surface area contributed by atoms with Crippen molar-refractivity contribution in [3.05, 3.63) is 30.3 Å². The van der Waals surface area contributed by atoms with Crippen molar-refractivity contribution in [3.8, 4) is 0 Å². The van der Waals surface area contributed by atoms with E-state index in [-0.39, 0.29) is 17.7 Å². The van der Waals surface area contributed by atoms with Crippen LogP contribution in [0.4, 0.5) is 5.69 Å². The van der Waals surface area contributed by atoms with Crippen LogP contribution in [0.15, 0.2) is 30.3 Å². The van der Waals surface area contributed by atoms with Gasteiger partial charge in [-0.25, -0.2) is 0 Å². The maximum atomic E-state index is 9.59. The third-order valence-electron chi connectivity index (χ3n) is 2.94. The van der Waals surface area contributed by atoms with Gasteiger partial charge in [-0.3, -0.25) is 0 Å². The topological polar surface area (TPSA) is 41.5 Å². The number of ether oxygens (including phenoxy) is 1. The van der Waals surface area contributed by atoms with E-state index in [1.165, 1.54) is 0 Å². The van der Waals surface area contributed by atoms with Gasteiger partial charge in [-0.05, 0) is 32.9 Å². The summed E-state index contributed by atoms with van der Waals surface area (Å²) in [6.45, 7) is 6.11. The number of nitrogens with one attached hydrogen (secondary N) is 1. The number of para-hydroxylation sites is 1. The lowest BCUT2D eigenvalue weighted by Gasteiger charge is -2.37.